The maximum atomic E-state index is 13.2. The van der Waals surface area contributed by atoms with E-state index in [0.29, 0.717) is 12.1 Å². The van der Waals surface area contributed by atoms with E-state index in [-0.39, 0.29) is 17.1 Å². The molecule has 0 unspecified atom stereocenters. The summed E-state index contributed by atoms with van der Waals surface area (Å²) < 4.78 is 39.3. The molecule has 1 N–H and O–H groups in total. The summed E-state index contributed by atoms with van der Waals surface area (Å²) in [4.78, 5) is 14.1. The Labute approximate surface area is 111 Å². The fourth-order valence-electron chi connectivity index (χ4n) is 1.64. The van der Waals surface area contributed by atoms with Crippen molar-refractivity contribution in [2.45, 2.75) is 0 Å². The molecule has 20 heavy (non-hydrogen) atoms. The molecule has 0 radical (unpaired) electrons. The number of hydrogen-bond acceptors (Lipinski definition) is 4. The zero-order valence-electron chi connectivity index (χ0n) is 10.2. The number of nitrogens with one attached hydrogen (secondary N) is 1. The molecule has 104 valence electrons. The first kappa shape index (κ1) is 13.8. The van der Waals surface area contributed by atoms with Crippen molar-refractivity contribution in [1.29, 1.82) is 0 Å². The van der Waals surface area contributed by atoms with Crippen molar-refractivity contribution >= 4 is 11.5 Å². The monoisotopic (exact) mass is 283 g/mol. The summed E-state index contributed by atoms with van der Waals surface area (Å²) in [5.41, 5.74) is -0.903. The van der Waals surface area contributed by atoms with Crippen LogP contribution in [0.2, 0.25) is 0 Å². The molecule has 1 heterocycles. The van der Waals surface area contributed by atoms with Crippen LogP contribution in [0.3, 0.4) is 0 Å². The van der Waals surface area contributed by atoms with E-state index >= 15 is 0 Å². The number of nitro groups is 1. The van der Waals surface area contributed by atoms with Crippen LogP contribution in [0, 0.1) is 27.6 Å². The van der Waals surface area contributed by atoms with Gasteiger partial charge in [0.2, 0.25) is 0 Å². The Hall–Kier alpha value is -2.64. The summed E-state index contributed by atoms with van der Waals surface area (Å²) in [5, 5.41) is 13.6. The smallest absolute Gasteiger partial charge is 0.295 e. The van der Waals surface area contributed by atoms with Crippen LogP contribution >= 0.6 is 0 Å². The zero-order valence-corrected chi connectivity index (χ0v) is 10.2. The standard InChI is InChI=1S/C12H8F3N3O2/c1-16-10-3-2-9(18(19)20)12(17-10)6-4-7(13)11(15)8(14)5-6/h2-5H,1H3,(H,16,17). The van der Waals surface area contributed by atoms with E-state index in [1.807, 2.05) is 0 Å². The number of aromatic nitrogens is 1. The third kappa shape index (κ3) is 2.40. The predicted molar refractivity (Wildman–Crippen MR) is 65.7 cm³/mol. The molecule has 5 nitrogen and oxygen atoms in total. The zero-order chi connectivity index (χ0) is 14.9. The number of anilines is 1. The number of rotatable bonds is 3. The van der Waals surface area contributed by atoms with Gasteiger partial charge in [0.1, 0.15) is 5.82 Å². The molecule has 0 saturated carbocycles. The molecule has 0 fully saturated rings. The quantitative estimate of drug-likeness (QED) is 0.534. The van der Waals surface area contributed by atoms with Crippen molar-refractivity contribution in [3.05, 3.63) is 51.8 Å². The van der Waals surface area contributed by atoms with Gasteiger partial charge in [-0.25, -0.2) is 18.2 Å². The second kappa shape index (κ2) is 5.16. The molecule has 0 aliphatic heterocycles. The lowest BCUT2D eigenvalue weighted by Crippen LogP contribution is -2.00. The molecule has 8 heteroatoms. The lowest BCUT2D eigenvalue weighted by Gasteiger charge is -2.06. The predicted octanol–water partition coefficient (Wildman–Crippen LogP) is 3.12. The minimum absolute atomic E-state index is 0.217. The highest BCUT2D eigenvalue weighted by atomic mass is 19.2. The van der Waals surface area contributed by atoms with Gasteiger partial charge in [-0.15, -0.1) is 0 Å². The Kier molecular flexibility index (Phi) is 3.55. The Balaban J connectivity index is 2.70. The van der Waals surface area contributed by atoms with Gasteiger partial charge in [-0.3, -0.25) is 10.1 Å². The maximum absolute atomic E-state index is 13.2. The Morgan fingerprint density at radius 2 is 1.80 bits per heavy atom. The van der Waals surface area contributed by atoms with Crippen molar-refractivity contribution in [3.8, 4) is 11.3 Å². The van der Waals surface area contributed by atoms with Crippen LogP contribution in [0.15, 0.2) is 24.3 Å². The Bertz CT molecular complexity index is 669. The fraction of sp³-hybridized carbons (Fsp3) is 0.0833. The maximum Gasteiger partial charge on any atom is 0.295 e. The van der Waals surface area contributed by atoms with E-state index < -0.39 is 28.1 Å². The molecule has 0 bridgehead atoms. The van der Waals surface area contributed by atoms with E-state index in [0.717, 1.165) is 6.07 Å². The number of pyridine rings is 1. The first-order valence-corrected chi connectivity index (χ1v) is 5.42. The number of nitrogens with zero attached hydrogens (tertiary/aromatic N) is 2. The van der Waals surface area contributed by atoms with E-state index in [9.17, 15) is 23.3 Å². The average Bonchev–Trinajstić information content (AvgIpc) is 2.43. The molecule has 0 spiro atoms. The molecule has 1 aromatic heterocycles. The van der Waals surface area contributed by atoms with Crippen LogP contribution in [-0.4, -0.2) is 17.0 Å². The average molecular weight is 283 g/mol. The molecule has 1 aromatic carbocycles. The van der Waals surface area contributed by atoms with Gasteiger partial charge >= 0.3 is 0 Å². The summed E-state index contributed by atoms with van der Waals surface area (Å²) in [6.07, 6.45) is 0. The molecular formula is C12H8F3N3O2. The van der Waals surface area contributed by atoms with Crippen LogP contribution in [-0.2, 0) is 0 Å². The van der Waals surface area contributed by atoms with Crippen molar-refractivity contribution < 1.29 is 18.1 Å². The van der Waals surface area contributed by atoms with Crippen molar-refractivity contribution in [2.24, 2.45) is 0 Å². The Morgan fingerprint density at radius 3 is 2.30 bits per heavy atom. The number of halogens is 3. The van der Waals surface area contributed by atoms with Crippen molar-refractivity contribution in [1.82, 2.24) is 4.98 Å². The third-order valence-electron chi connectivity index (χ3n) is 2.58. The molecule has 2 rings (SSSR count). The second-order valence-electron chi connectivity index (χ2n) is 3.83. The first-order chi connectivity index (χ1) is 9.43. The number of benzene rings is 1. The van der Waals surface area contributed by atoms with E-state index in [1.165, 1.54) is 13.1 Å². The molecule has 0 saturated heterocycles. The van der Waals surface area contributed by atoms with Crippen molar-refractivity contribution in [2.75, 3.05) is 12.4 Å². The minimum Gasteiger partial charge on any atom is -0.373 e. The third-order valence-corrected chi connectivity index (χ3v) is 2.58. The summed E-state index contributed by atoms with van der Waals surface area (Å²) in [7, 11) is 1.53. The minimum atomic E-state index is -1.64. The van der Waals surface area contributed by atoms with Gasteiger partial charge in [0.05, 0.1) is 4.92 Å². The lowest BCUT2D eigenvalue weighted by molar-refractivity contribution is -0.384. The van der Waals surface area contributed by atoms with Gasteiger partial charge < -0.3 is 5.32 Å². The van der Waals surface area contributed by atoms with Crippen LogP contribution in [0.5, 0.6) is 0 Å². The highest BCUT2D eigenvalue weighted by molar-refractivity contribution is 5.71. The molecule has 0 aliphatic rings. The topological polar surface area (TPSA) is 68.1 Å². The van der Waals surface area contributed by atoms with Gasteiger partial charge in [0, 0.05) is 18.7 Å². The van der Waals surface area contributed by atoms with Crippen LogP contribution in [0.25, 0.3) is 11.3 Å². The summed E-state index contributed by atoms with van der Waals surface area (Å²) in [6, 6.07) is 3.81. The summed E-state index contributed by atoms with van der Waals surface area (Å²) in [6.45, 7) is 0. The normalized spacial score (nSPS) is 10.4. The SMILES string of the molecule is CNc1ccc([N+](=O)[O-])c(-c2cc(F)c(F)c(F)c2)n1. The highest BCUT2D eigenvalue weighted by Crippen LogP contribution is 2.31. The van der Waals surface area contributed by atoms with Gasteiger partial charge in [-0.05, 0) is 18.2 Å². The lowest BCUT2D eigenvalue weighted by atomic mass is 10.1. The molecule has 0 amide bonds. The van der Waals surface area contributed by atoms with Gasteiger partial charge in [0.25, 0.3) is 5.69 Å². The highest BCUT2D eigenvalue weighted by Gasteiger charge is 2.21. The molecule has 2 aromatic rings. The molecular weight excluding hydrogens is 275 g/mol. The van der Waals surface area contributed by atoms with E-state index in [4.69, 9.17) is 0 Å². The van der Waals surface area contributed by atoms with Crippen molar-refractivity contribution in [3.63, 3.8) is 0 Å². The largest absolute Gasteiger partial charge is 0.373 e. The molecule has 0 atom stereocenters. The van der Waals surface area contributed by atoms with Gasteiger partial charge in [-0.2, -0.15) is 0 Å². The summed E-state index contributed by atoms with van der Waals surface area (Å²) in [5.74, 6) is -4.24. The number of hydrogen-bond donors (Lipinski definition) is 1. The first-order valence-electron chi connectivity index (χ1n) is 5.42. The van der Waals surface area contributed by atoms with Crippen LogP contribution in [0.4, 0.5) is 24.7 Å². The molecule has 0 aliphatic carbocycles. The summed E-state index contributed by atoms with van der Waals surface area (Å²) >= 11 is 0. The van der Waals surface area contributed by atoms with E-state index in [2.05, 4.69) is 10.3 Å². The van der Waals surface area contributed by atoms with Crippen LogP contribution in [0.1, 0.15) is 0 Å². The van der Waals surface area contributed by atoms with E-state index in [1.54, 1.807) is 0 Å². The fourth-order valence-corrected chi connectivity index (χ4v) is 1.64. The van der Waals surface area contributed by atoms with Crippen LogP contribution < -0.4 is 5.32 Å². The Morgan fingerprint density at radius 1 is 1.20 bits per heavy atom. The van der Waals surface area contributed by atoms with Gasteiger partial charge in [-0.1, -0.05) is 0 Å². The van der Waals surface area contributed by atoms with Gasteiger partial charge in [0.15, 0.2) is 23.1 Å². The second-order valence-corrected chi connectivity index (χ2v) is 3.83.